The molecular weight excluding hydrogens is 232 g/mol. The molecule has 6 heteroatoms. The molecule has 0 atom stereocenters. The molecule has 2 rings (SSSR count). The predicted octanol–water partition coefficient (Wildman–Crippen LogP) is 0.0656. The highest BCUT2D eigenvalue weighted by atomic mass is 16.4. The van der Waals surface area contributed by atoms with Crippen molar-refractivity contribution in [3.05, 3.63) is 0 Å². The van der Waals surface area contributed by atoms with Crippen molar-refractivity contribution in [2.75, 3.05) is 27.2 Å². The molecule has 18 heavy (non-hydrogen) atoms. The summed E-state index contributed by atoms with van der Waals surface area (Å²) in [7, 11) is 4.14. The van der Waals surface area contributed by atoms with E-state index in [1.165, 1.54) is 0 Å². The summed E-state index contributed by atoms with van der Waals surface area (Å²) in [6, 6.07) is 0.549. The second-order valence-electron chi connectivity index (χ2n) is 5.55. The van der Waals surface area contributed by atoms with Crippen LogP contribution >= 0.6 is 0 Å². The molecule has 1 amide bonds. The zero-order valence-corrected chi connectivity index (χ0v) is 11.1. The van der Waals surface area contributed by atoms with Crippen LogP contribution in [0.15, 0.2) is 5.16 Å². The maximum absolute atomic E-state index is 12.4. The number of carbonyl (C=O) groups is 1. The van der Waals surface area contributed by atoms with Crippen LogP contribution in [0.25, 0.3) is 0 Å². The molecule has 0 bridgehead atoms. The molecule has 0 unspecified atom stereocenters. The smallest absolute Gasteiger partial charge is 0.236 e. The van der Waals surface area contributed by atoms with Gasteiger partial charge in [-0.2, -0.15) is 0 Å². The van der Waals surface area contributed by atoms with E-state index in [0.717, 1.165) is 25.9 Å². The number of amides is 1. The third-order valence-corrected chi connectivity index (χ3v) is 4.24. The third-order valence-electron chi connectivity index (χ3n) is 4.24. The second-order valence-corrected chi connectivity index (χ2v) is 5.55. The fourth-order valence-electron chi connectivity index (χ4n) is 2.69. The molecule has 1 aliphatic heterocycles. The van der Waals surface area contributed by atoms with Gasteiger partial charge in [-0.25, -0.2) is 0 Å². The Morgan fingerprint density at radius 2 is 1.94 bits per heavy atom. The van der Waals surface area contributed by atoms with Crippen LogP contribution in [0.2, 0.25) is 0 Å². The van der Waals surface area contributed by atoms with E-state index >= 15 is 0 Å². The predicted molar refractivity (Wildman–Crippen MR) is 68.4 cm³/mol. The highest BCUT2D eigenvalue weighted by Crippen LogP contribution is 2.47. The van der Waals surface area contributed by atoms with Gasteiger partial charge in [0.2, 0.25) is 5.91 Å². The average molecular weight is 254 g/mol. The Labute approximate surface area is 107 Å². The highest BCUT2D eigenvalue weighted by molar-refractivity contribution is 6.09. The number of oxime groups is 1. The van der Waals surface area contributed by atoms with E-state index in [1.807, 2.05) is 4.90 Å². The van der Waals surface area contributed by atoms with E-state index in [9.17, 15) is 4.79 Å². The first-order valence-electron chi connectivity index (χ1n) is 6.45. The molecule has 1 saturated carbocycles. The molecule has 0 aromatic heterocycles. The lowest BCUT2D eigenvalue weighted by molar-refractivity contribution is -0.136. The van der Waals surface area contributed by atoms with E-state index in [4.69, 9.17) is 10.9 Å². The molecule has 0 aromatic carbocycles. The Morgan fingerprint density at radius 1 is 1.39 bits per heavy atom. The monoisotopic (exact) mass is 254 g/mol. The molecule has 2 aliphatic rings. The molecule has 1 heterocycles. The number of rotatable bonds is 3. The quantitative estimate of drug-likeness (QED) is 0.323. The Kier molecular flexibility index (Phi) is 3.47. The fourth-order valence-corrected chi connectivity index (χ4v) is 2.69. The first-order valence-corrected chi connectivity index (χ1v) is 6.45. The number of carbonyl (C=O) groups excluding carboxylic acids is 1. The maximum Gasteiger partial charge on any atom is 0.236 e. The molecule has 0 aromatic rings. The SMILES string of the molecule is CN(C)C1CCN(C(=O)C2(C(N)=NO)CC2)CC1. The van der Waals surface area contributed by atoms with Crippen molar-refractivity contribution in [2.24, 2.45) is 16.3 Å². The van der Waals surface area contributed by atoms with Gasteiger partial charge in [-0.05, 0) is 39.8 Å². The van der Waals surface area contributed by atoms with Crippen molar-refractivity contribution < 1.29 is 10.0 Å². The Hall–Kier alpha value is -1.30. The maximum atomic E-state index is 12.4. The van der Waals surface area contributed by atoms with Gasteiger partial charge >= 0.3 is 0 Å². The number of likely N-dealkylation sites (tertiary alicyclic amines) is 1. The molecule has 6 nitrogen and oxygen atoms in total. The van der Waals surface area contributed by atoms with Crippen LogP contribution in [0.1, 0.15) is 25.7 Å². The van der Waals surface area contributed by atoms with Gasteiger partial charge in [0, 0.05) is 19.1 Å². The molecule has 2 fully saturated rings. The van der Waals surface area contributed by atoms with Crippen LogP contribution in [0.4, 0.5) is 0 Å². The van der Waals surface area contributed by atoms with Gasteiger partial charge in [0.1, 0.15) is 5.41 Å². The summed E-state index contributed by atoms with van der Waals surface area (Å²) in [5.41, 5.74) is 4.95. The standard InChI is InChI=1S/C12H22N4O2/c1-15(2)9-3-7-16(8-4-9)11(17)12(5-6-12)10(13)14-18/h9,18H,3-8H2,1-2H3,(H2,13,14). The van der Waals surface area contributed by atoms with Gasteiger partial charge < -0.3 is 20.7 Å². The van der Waals surface area contributed by atoms with Crippen molar-refractivity contribution >= 4 is 11.7 Å². The summed E-state index contributed by atoms with van der Waals surface area (Å²) >= 11 is 0. The highest BCUT2D eigenvalue weighted by Gasteiger charge is 2.56. The normalized spacial score (nSPS) is 24.4. The van der Waals surface area contributed by atoms with E-state index in [1.54, 1.807) is 0 Å². The summed E-state index contributed by atoms with van der Waals surface area (Å²) in [6.45, 7) is 1.53. The number of hydrogen-bond acceptors (Lipinski definition) is 4. The topological polar surface area (TPSA) is 82.2 Å². The van der Waals surface area contributed by atoms with Crippen LogP contribution in [-0.2, 0) is 4.79 Å². The summed E-state index contributed by atoms with van der Waals surface area (Å²) in [4.78, 5) is 16.5. The molecule has 1 aliphatic carbocycles. The van der Waals surface area contributed by atoms with Crippen molar-refractivity contribution in [3.63, 3.8) is 0 Å². The fraction of sp³-hybridized carbons (Fsp3) is 0.833. The van der Waals surface area contributed by atoms with Gasteiger partial charge in [0.15, 0.2) is 5.84 Å². The minimum atomic E-state index is -0.695. The molecule has 1 saturated heterocycles. The number of nitrogens with zero attached hydrogens (tertiary/aromatic N) is 3. The lowest BCUT2D eigenvalue weighted by Crippen LogP contribution is -2.49. The number of amidine groups is 1. The minimum Gasteiger partial charge on any atom is -0.409 e. The Bertz CT molecular complexity index is 355. The minimum absolute atomic E-state index is 0.0370. The second kappa shape index (κ2) is 4.76. The number of hydrogen-bond donors (Lipinski definition) is 2. The van der Waals surface area contributed by atoms with E-state index in [2.05, 4.69) is 24.2 Å². The van der Waals surface area contributed by atoms with Gasteiger partial charge in [-0.3, -0.25) is 4.79 Å². The van der Waals surface area contributed by atoms with Gasteiger partial charge in [-0.15, -0.1) is 0 Å². The van der Waals surface area contributed by atoms with Gasteiger partial charge in [-0.1, -0.05) is 5.16 Å². The molecule has 102 valence electrons. The Morgan fingerprint density at radius 3 is 2.33 bits per heavy atom. The van der Waals surface area contributed by atoms with Crippen LogP contribution in [0, 0.1) is 5.41 Å². The number of piperidine rings is 1. The summed E-state index contributed by atoms with van der Waals surface area (Å²) in [5, 5.41) is 11.8. The first-order chi connectivity index (χ1) is 8.51. The summed E-state index contributed by atoms with van der Waals surface area (Å²) in [5.74, 6) is 0.109. The zero-order valence-electron chi connectivity index (χ0n) is 11.1. The zero-order chi connectivity index (χ0) is 13.3. The van der Waals surface area contributed by atoms with Gasteiger partial charge in [0.25, 0.3) is 0 Å². The molecule has 0 radical (unpaired) electrons. The molecule has 0 spiro atoms. The molecular formula is C12H22N4O2. The van der Waals surface area contributed by atoms with E-state index < -0.39 is 5.41 Å². The lowest BCUT2D eigenvalue weighted by atomic mass is 9.99. The van der Waals surface area contributed by atoms with Gasteiger partial charge in [0.05, 0.1) is 0 Å². The number of nitrogens with two attached hydrogens (primary N) is 1. The van der Waals surface area contributed by atoms with Crippen molar-refractivity contribution in [2.45, 2.75) is 31.7 Å². The van der Waals surface area contributed by atoms with Crippen molar-refractivity contribution in [1.82, 2.24) is 9.80 Å². The van der Waals surface area contributed by atoms with Crippen molar-refractivity contribution in [3.8, 4) is 0 Å². The van der Waals surface area contributed by atoms with E-state index in [0.29, 0.717) is 18.9 Å². The average Bonchev–Trinajstić information content (AvgIpc) is 3.18. The van der Waals surface area contributed by atoms with Crippen LogP contribution in [-0.4, -0.2) is 60.0 Å². The largest absolute Gasteiger partial charge is 0.409 e. The van der Waals surface area contributed by atoms with Crippen LogP contribution in [0.5, 0.6) is 0 Å². The summed E-state index contributed by atoms with van der Waals surface area (Å²) in [6.07, 6.45) is 3.39. The van der Waals surface area contributed by atoms with Crippen molar-refractivity contribution in [1.29, 1.82) is 0 Å². The third kappa shape index (κ3) is 2.16. The van der Waals surface area contributed by atoms with Crippen LogP contribution < -0.4 is 5.73 Å². The first kappa shape index (κ1) is 13.1. The summed E-state index contributed by atoms with van der Waals surface area (Å²) < 4.78 is 0. The lowest BCUT2D eigenvalue weighted by Gasteiger charge is -2.36. The Balaban J connectivity index is 1.96. The van der Waals surface area contributed by atoms with Crippen LogP contribution in [0.3, 0.4) is 0 Å². The van der Waals surface area contributed by atoms with E-state index in [-0.39, 0.29) is 11.7 Å². The molecule has 3 N–H and O–H groups in total.